The normalized spacial score (nSPS) is 18.2. The molecular weight excluding hydrogens is 468 g/mol. The highest BCUT2D eigenvalue weighted by molar-refractivity contribution is 7.83. The molecule has 0 radical (unpaired) electrons. The Morgan fingerprint density at radius 2 is 1.97 bits per heavy atom. The van der Waals surface area contributed by atoms with Gasteiger partial charge in [-0.3, -0.25) is 10.3 Å². The van der Waals surface area contributed by atoms with E-state index in [4.69, 9.17) is 9.98 Å². The van der Waals surface area contributed by atoms with Crippen LogP contribution in [0.2, 0.25) is 0 Å². The lowest BCUT2D eigenvalue weighted by Crippen LogP contribution is -2.27. The summed E-state index contributed by atoms with van der Waals surface area (Å²) in [7, 11) is -1.35. The van der Waals surface area contributed by atoms with Crippen LogP contribution in [0.5, 0.6) is 0 Å². The number of fused-ring (bicyclic) bond motifs is 3. The number of rotatable bonds is 7. The molecule has 3 N–H and O–H groups in total. The number of benzene rings is 2. The van der Waals surface area contributed by atoms with Crippen molar-refractivity contribution in [3.8, 4) is 6.19 Å². The molecule has 0 bridgehead atoms. The van der Waals surface area contributed by atoms with Gasteiger partial charge in [0.1, 0.15) is 11.0 Å². The number of nitriles is 1. The monoisotopic (exact) mass is 500 g/mol. The van der Waals surface area contributed by atoms with Crippen molar-refractivity contribution in [3.63, 3.8) is 0 Å². The third-order valence-electron chi connectivity index (χ3n) is 6.77. The van der Waals surface area contributed by atoms with Gasteiger partial charge in [-0.2, -0.15) is 5.26 Å². The first kappa shape index (κ1) is 24.4. The molecule has 8 heteroatoms. The fourth-order valence-corrected chi connectivity index (χ4v) is 5.92. The molecule has 7 nitrogen and oxygen atoms in total. The second kappa shape index (κ2) is 10.4. The molecule has 0 spiro atoms. The minimum atomic E-state index is -1.35. The molecule has 1 saturated carbocycles. The summed E-state index contributed by atoms with van der Waals surface area (Å²) in [5.41, 5.74) is 5.38. The summed E-state index contributed by atoms with van der Waals surface area (Å²) in [6.07, 6.45) is 7.99. The first-order chi connectivity index (χ1) is 17.4. The van der Waals surface area contributed by atoms with Crippen LogP contribution in [0.15, 0.2) is 52.5 Å². The summed E-state index contributed by atoms with van der Waals surface area (Å²) in [5.74, 6) is 1.32. The van der Waals surface area contributed by atoms with E-state index in [1.54, 1.807) is 0 Å². The van der Waals surface area contributed by atoms with Crippen LogP contribution in [-0.4, -0.2) is 21.7 Å². The highest BCUT2D eigenvalue weighted by atomic mass is 32.2. The van der Waals surface area contributed by atoms with Gasteiger partial charge < -0.3 is 5.32 Å². The zero-order valence-electron chi connectivity index (χ0n) is 21.0. The van der Waals surface area contributed by atoms with Gasteiger partial charge in [-0.1, -0.05) is 31.5 Å². The maximum absolute atomic E-state index is 13.4. The Labute approximate surface area is 215 Å². The summed E-state index contributed by atoms with van der Waals surface area (Å²) in [6, 6.07) is 12.0. The molecule has 5 rings (SSSR count). The van der Waals surface area contributed by atoms with E-state index < -0.39 is 11.0 Å². The lowest BCUT2D eigenvalue weighted by Gasteiger charge is -2.16. The third kappa shape index (κ3) is 5.28. The van der Waals surface area contributed by atoms with Crippen LogP contribution in [0.4, 0.5) is 5.69 Å². The Kier molecular flexibility index (Phi) is 7.04. The zero-order valence-corrected chi connectivity index (χ0v) is 21.8. The summed E-state index contributed by atoms with van der Waals surface area (Å²) in [6.45, 7) is 6.92. The molecule has 1 fully saturated rings. The molecule has 0 aliphatic heterocycles. The molecule has 36 heavy (non-hydrogen) atoms. The van der Waals surface area contributed by atoms with Crippen LogP contribution in [0.3, 0.4) is 0 Å². The minimum absolute atomic E-state index is 0.151. The van der Waals surface area contributed by atoms with Gasteiger partial charge in [0.2, 0.25) is 5.96 Å². The van der Waals surface area contributed by atoms with Crippen LogP contribution < -0.4 is 15.4 Å². The molecule has 3 aromatic rings. The molecule has 2 aliphatic rings. The van der Waals surface area contributed by atoms with Crippen LogP contribution in [0.25, 0.3) is 10.8 Å². The number of aryl methyl sites for hydroxylation is 2. The van der Waals surface area contributed by atoms with Gasteiger partial charge in [0.15, 0.2) is 6.19 Å². The number of nitrogens with one attached hydrogen (secondary N) is 3. The van der Waals surface area contributed by atoms with Crippen molar-refractivity contribution in [3.05, 3.63) is 65.0 Å². The van der Waals surface area contributed by atoms with Gasteiger partial charge in [-0.05, 0) is 73.9 Å². The number of aliphatic imine (C=N–C) groups is 1. The predicted molar refractivity (Wildman–Crippen MR) is 145 cm³/mol. The van der Waals surface area contributed by atoms with Gasteiger partial charge in [-0.15, -0.1) is 0 Å². The van der Waals surface area contributed by atoms with E-state index in [-0.39, 0.29) is 6.04 Å². The summed E-state index contributed by atoms with van der Waals surface area (Å²) >= 11 is 0. The summed E-state index contributed by atoms with van der Waals surface area (Å²) in [5, 5.41) is 17.3. The Hall–Kier alpha value is -3.28. The smallest absolute Gasteiger partial charge is 0.209 e. The van der Waals surface area contributed by atoms with E-state index >= 15 is 0 Å². The first-order valence-corrected chi connectivity index (χ1v) is 13.7. The van der Waals surface area contributed by atoms with E-state index in [1.807, 2.05) is 43.6 Å². The van der Waals surface area contributed by atoms with Crippen molar-refractivity contribution in [2.45, 2.75) is 63.3 Å². The Morgan fingerprint density at radius 3 is 2.67 bits per heavy atom. The number of hydrogen-bond acceptors (Lipinski definition) is 4. The van der Waals surface area contributed by atoms with Crippen molar-refractivity contribution in [1.29, 1.82) is 5.26 Å². The van der Waals surface area contributed by atoms with Gasteiger partial charge in [-0.25, -0.2) is 13.9 Å². The average molecular weight is 501 g/mol. The molecule has 2 atom stereocenters. The fourth-order valence-electron chi connectivity index (χ4n) is 4.68. The van der Waals surface area contributed by atoms with Crippen LogP contribution in [0.1, 0.15) is 67.5 Å². The van der Waals surface area contributed by atoms with Gasteiger partial charge in [0.05, 0.1) is 10.9 Å². The Balaban J connectivity index is 1.54. The highest BCUT2D eigenvalue weighted by Gasteiger charge is 2.30. The fraction of sp³-hybridized carbons (Fsp3) is 0.393. The number of hydrogen-bond donors (Lipinski definition) is 3. The van der Waals surface area contributed by atoms with Crippen molar-refractivity contribution in [2.75, 3.05) is 11.9 Å². The summed E-state index contributed by atoms with van der Waals surface area (Å²) in [4.78, 5) is 10.5. The molecule has 0 amide bonds. The number of aromatic nitrogens is 1. The molecule has 2 aromatic carbocycles. The molecular formula is C28H32N6OS. The predicted octanol–water partition coefficient (Wildman–Crippen LogP) is 5.21. The largest absolute Gasteiger partial charge is 0.326 e. The van der Waals surface area contributed by atoms with Gasteiger partial charge >= 0.3 is 0 Å². The third-order valence-corrected chi connectivity index (χ3v) is 7.94. The minimum Gasteiger partial charge on any atom is -0.326 e. The molecule has 1 heterocycles. The van der Waals surface area contributed by atoms with Crippen molar-refractivity contribution >= 4 is 33.4 Å². The first-order valence-electron chi connectivity index (χ1n) is 12.6. The molecule has 186 valence electrons. The number of anilines is 1. The van der Waals surface area contributed by atoms with Gasteiger partial charge in [0.25, 0.3) is 0 Å². The topological polar surface area (TPSA) is 102 Å². The maximum atomic E-state index is 13.4. The Bertz CT molecular complexity index is 1370. The quantitative estimate of drug-likeness (QED) is 0.179. The lowest BCUT2D eigenvalue weighted by atomic mass is 10.0. The van der Waals surface area contributed by atoms with Crippen molar-refractivity contribution < 1.29 is 4.21 Å². The van der Waals surface area contributed by atoms with Crippen LogP contribution in [0, 0.1) is 24.3 Å². The number of guanidine groups is 1. The molecule has 2 aliphatic carbocycles. The highest BCUT2D eigenvalue weighted by Crippen LogP contribution is 2.44. The van der Waals surface area contributed by atoms with Crippen LogP contribution in [-0.2, 0) is 17.4 Å². The van der Waals surface area contributed by atoms with E-state index in [9.17, 15) is 9.47 Å². The molecule has 2 unspecified atom stereocenters. The van der Waals surface area contributed by atoms with E-state index in [2.05, 4.69) is 41.3 Å². The Morgan fingerprint density at radius 1 is 1.19 bits per heavy atom. The SMILES string of the molecule is Cc1ccc(NC(=NC2CCc3c2cc(S(=O)NCC(C)C)c2cc(C4CC4)ncc32)NC#N)cc1. The molecule has 1 aromatic heterocycles. The lowest BCUT2D eigenvalue weighted by molar-refractivity contribution is 0.617. The molecule has 0 saturated heterocycles. The number of pyridine rings is 1. The second-order valence-corrected chi connectivity index (χ2v) is 11.4. The van der Waals surface area contributed by atoms with E-state index in [1.165, 1.54) is 18.4 Å². The number of nitrogens with zero attached hydrogens (tertiary/aromatic N) is 3. The van der Waals surface area contributed by atoms with Crippen molar-refractivity contribution in [2.24, 2.45) is 10.9 Å². The van der Waals surface area contributed by atoms with E-state index in [0.29, 0.717) is 24.3 Å². The second-order valence-electron chi connectivity index (χ2n) is 10.1. The summed E-state index contributed by atoms with van der Waals surface area (Å²) < 4.78 is 16.6. The van der Waals surface area contributed by atoms with E-state index in [0.717, 1.165) is 51.0 Å². The van der Waals surface area contributed by atoms with Gasteiger partial charge in [0, 0.05) is 40.8 Å². The van der Waals surface area contributed by atoms with Crippen molar-refractivity contribution in [1.82, 2.24) is 15.0 Å². The maximum Gasteiger partial charge on any atom is 0.209 e. The average Bonchev–Trinajstić information content (AvgIpc) is 3.64. The zero-order chi connectivity index (χ0) is 25.2. The van der Waals surface area contributed by atoms with Crippen LogP contribution >= 0.6 is 0 Å². The standard InChI is InChI=1S/C28H32N6OS/c1-17(2)14-32-36(35)27-13-22-21(24-15-30-26(12-23(24)27)19-6-7-19)10-11-25(22)34-28(31-16-29)33-20-8-4-18(3)5-9-20/h4-5,8-9,12-13,15,17,19,25,32H,6-7,10-11,14H2,1-3H3,(H2,31,33,34).